The van der Waals surface area contributed by atoms with Gasteiger partial charge in [0.2, 0.25) is 0 Å². The molecule has 24 heavy (non-hydrogen) atoms. The predicted octanol–water partition coefficient (Wildman–Crippen LogP) is 1.16. The molecule has 0 N–H and O–H groups in total. The summed E-state index contributed by atoms with van der Waals surface area (Å²) in [6.07, 6.45) is 7.22. The van der Waals surface area contributed by atoms with Gasteiger partial charge in [-0.05, 0) is 47.5 Å². The van der Waals surface area contributed by atoms with E-state index in [1.807, 2.05) is 46.1 Å². The third-order valence-electron chi connectivity index (χ3n) is 4.30. The van der Waals surface area contributed by atoms with E-state index < -0.39 is 0 Å². The molecule has 1 fully saturated rings. The van der Waals surface area contributed by atoms with Gasteiger partial charge in [-0.15, -0.1) is 5.10 Å². The fourth-order valence-electron chi connectivity index (χ4n) is 3.14. The van der Waals surface area contributed by atoms with Crippen LogP contribution in [0.5, 0.6) is 0 Å². The van der Waals surface area contributed by atoms with Crippen molar-refractivity contribution in [2.75, 3.05) is 6.54 Å². The lowest BCUT2D eigenvalue weighted by molar-refractivity contribution is 0.0721. The second-order valence-electron chi connectivity index (χ2n) is 5.83. The molecule has 3 aromatic rings. The van der Waals surface area contributed by atoms with Gasteiger partial charge in [0.1, 0.15) is 6.33 Å². The number of hydrogen-bond acceptors (Lipinski definition) is 5. The minimum Gasteiger partial charge on any atom is -0.334 e. The molecule has 1 aromatic carbocycles. The summed E-state index contributed by atoms with van der Waals surface area (Å²) >= 11 is 0. The summed E-state index contributed by atoms with van der Waals surface area (Å²) < 4.78 is 3.43. The van der Waals surface area contributed by atoms with Gasteiger partial charge >= 0.3 is 0 Å². The summed E-state index contributed by atoms with van der Waals surface area (Å²) in [5.41, 5.74) is 1.42. The number of rotatable bonds is 4. The van der Waals surface area contributed by atoms with Crippen molar-refractivity contribution in [3.63, 3.8) is 0 Å². The van der Waals surface area contributed by atoms with Gasteiger partial charge < -0.3 is 4.90 Å². The molecule has 1 atom stereocenters. The number of likely N-dealkylation sites (tertiary alicyclic amines) is 1. The van der Waals surface area contributed by atoms with Crippen LogP contribution in [0.15, 0.2) is 49.1 Å². The number of benzene rings is 1. The molecular formula is C16H17N7O. The summed E-state index contributed by atoms with van der Waals surface area (Å²) in [4.78, 5) is 14.9. The Morgan fingerprint density at radius 1 is 1.29 bits per heavy atom. The molecule has 0 bridgehead atoms. The normalized spacial score (nSPS) is 17.3. The number of aromatic nitrogens is 6. The van der Waals surface area contributed by atoms with E-state index in [1.165, 1.54) is 6.33 Å². The van der Waals surface area contributed by atoms with E-state index in [4.69, 9.17) is 0 Å². The Hall–Kier alpha value is -3.03. The third-order valence-corrected chi connectivity index (χ3v) is 4.30. The second kappa shape index (κ2) is 6.23. The van der Waals surface area contributed by atoms with E-state index in [1.54, 1.807) is 10.9 Å². The van der Waals surface area contributed by atoms with Crippen molar-refractivity contribution in [2.45, 2.75) is 25.4 Å². The van der Waals surface area contributed by atoms with Gasteiger partial charge in [0.15, 0.2) is 0 Å². The fourth-order valence-corrected chi connectivity index (χ4v) is 3.14. The zero-order chi connectivity index (χ0) is 16.4. The van der Waals surface area contributed by atoms with Crippen LogP contribution in [0, 0.1) is 0 Å². The highest BCUT2D eigenvalue weighted by Crippen LogP contribution is 2.22. The molecule has 1 aliphatic heterocycles. The largest absolute Gasteiger partial charge is 0.334 e. The number of carbonyl (C=O) groups is 1. The maximum absolute atomic E-state index is 12.9. The van der Waals surface area contributed by atoms with Crippen LogP contribution in [0.2, 0.25) is 0 Å². The van der Waals surface area contributed by atoms with Crippen LogP contribution in [0.25, 0.3) is 5.69 Å². The Bertz CT molecular complexity index is 813. The quantitative estimate of drug-likeness (QED) is 0.720. The van der Waals surface area contributed by atoms with Gasteiger partial charge in [-0.1, -0.05) is 6.07 Å². The maximum atomic E-state index is 12.9. The molecule has 8 heteroatoms. The molecule has 2 aromatic heterocycles. The van der Waals surface area contributed by atoms with Crippen molar-refractivity contribution < 1.29 is 4.79 Å². The molecule has 1 amide bonds. The number of nitrogens with zero attached hydrogens (tertiary/aromatic N) is 7. The topological polar surface area (TPSA) is 81.7 Å². The van der Waals surface area contributed by atoms with Crippen LogP contribution >= 0.6 is 0 Å². The van der Waals surface area contributed by atoms with E-state index in [-0.39, 0.29) is 11.9 Å². The van der Waals surface area contributed by atoms with Crippen LogP contribution in [-0.2, 0) is 6.54 Å². The molecule has 4 rings (SSSR count). The highest BCUT2D eigenvalue weighted by atomic mass is 16.2. The molecule has 1 unspecified atom stereocenters. The van der Waals surface area contributed by atoms with E-state index in [9.17, 15) is 4.79 Å². The highest BCUT2D eigenvalue weighted by molar-refractivity contribution is 5.95. The average Bonchev–Trinajstić information content (AvgIpc) is 3.37. The van der Waals surface area contributed by atoms with Crippen molar-refractivity contribution in [3.05, 3.63) is 54.6 Å². The first kappa shape index (κ1) is 14.6. The average molecular weight is 323 g/mol. The van der Waals surface area contributed by atoms with E-state index >= 15 is 0 Å². The number of amides is 1. The zero-order valence-electron chi connectivity index (χ0n) is 13.1. The van der Waals surface area contributed by atoms with Crippen LogP contribution in [-0.4, -0.2) is 53.4 Å². The summed E-state index contributed by atoms with van der Waals surface area (Å²) in [6, 6.07) is 9.45. The standard InChI is InChI=1S/C16H17N7O/c24-16(13-4-1-5-14(10-13)23-12-17-19-20-23)22-9-2-6-15(22)11-21-8-3-7-18-21/h1,3-5,7-8,10,12,15H,2,6,9,11H2. The number of tetrazole rings is 1. The van der Waals surface area contributed by atoms with Crippen LogP contribution in [0.4, 0.5) is 0 Å². The second-order valence-corrected chi connectivity index (χ2v) is 5.83. The lowest BCUT2D eigenvalue weighted by atomic mass is 10.1. The van der Waals surface area contributed by atoms with Crippen molar-refractivity contribution in [3.8, 4) is 5.69 Å². The molecule has 0 aliphatic carbocycles. The van der Waals surface area contributed by atoms with Crippen molar-refractivity contribution >= 4 is 5.91 Å². The lowest BCUT2D eigenvalue weighted by Gasteiger charge is -2.25. The van der Waals surface area contributed by atoms with Gasteiger partial charge in [-0.25, -0.2) is 4.68 Å². The van der Waals surface area contributed by atoms with Crippen LogP contribution < -0.4 is 0 Å². The molecule has 1 aliphatic rings. The fraction of sp³-hybridized carbons (Fsp3) is 0.312. The Morgan fingerprint density at radius 2 is 2.25 bits per heavy atom. The van der Waals surface area contributed by atoms with Gasteiger partial charge in [0.05, 0.1) is 18.3 Å². The van der Waals surface area contributed by atoms with Crippen molar-refractivity contribution in [1.29, 1.82) is 0 Å². The van der Waals surface area contributed by atoms with Gasteiger partial charge in [0.25, 0.3) is 5.91 Å². The first-order valence-corrected chi connectivity index (χ1v) is 7.93. The zero-order valence-corrected chi connectivity index (χ0v) is 13.1. The van der Waals surface area contributed by atoms with Gasteiger partial charge in [-0.2, -0.15) is 5.10 Å². The molecule has 122 valence electrons. The Morgan fingerprint density at radius 3 is 3.04 bits per heavy atom. The first-order chi connectivity index (χ1) is 11.8. The molecule has 0 saturated carbocycles. The molecule has 0 radical (unpaired) electrons. The van der Waals surface area contributed by atoms with E-state index in [0.717, 1.165) is 31.6 Å². The summed E-state index contributed by atoms with van der Waals surface area (Å²) in [5.74, 6) is 0.0413. The highest BCUT2D eigenvalue weighted by Gasteiger charge is 2.29. The molecule has 0 spiro atoms. The minimum absolute atomic E-state index is 0.0413. The number of carbonyl (C=O) groups excluding carboxylic acids is 1. The van der Waals surface area contributed by atoms with Gasteiger partial charge in [0, 0.05) is 24.5 Å². The smallest absolute Gasteiger partial charge is 0.254 e. The first-order valence-electron chi connectivity index (χ1n) is 7.93. The summed E-state index contributed by atoms with van der Waals surface area (Å²) in [5, 5.41) is 15.4. The third kappa shape index (κ3) is 2.78. The van der Waals surface area contributed by atoms with Crippen LogP contribution in [0.1, 0.15) is 23.2 Å². The van der Waals surface area contributed by atoms with Crippen molar-refractivity contribution in [2.24, 2.45) is 0 Å². The predicted molar refractivity (Wildman–Crippen MR) is 85.4 cm³/mol. The molecule has 1 saturated heterocycles. The van der Waals surface area contributed by atoms with Gasteiger partial charge in [-0.3, -0.25) is 9.48 Å². The lowest BCUT2D eigenvalue weighted by Crippen LogP contribution is -2.38. The Balaban J connectivity index is 1.55. The molecule has 3 heterocycles. The number of hydrogen-bond donors (Lipinski definition) is 0. The maximum Gasteiger partial charge on any atom is 0.254 e. The van der Waals surface area contributed by atoms with E-state index in [2.05, 4.69) is 20.6 Å². The van der Waals surface area contributed by atoms with E-state index in [0.29, 0.717) is 5.56 Å². The monoisotopic (exact) mass is 323 g/mol. The minimum atomic E-state index is 0.0413. The van der Waals surface area contributed by atoms with Crippen molar-refractivity contribution in [1.82, 2.24) is 34.9 Å². The Kier molecular flexibility index (Phi) is 3.78. The Labute approximate surface area is 138 Å². The SMILES string of the molecule is O=C(c1cccc(-n2cnnn2)c1)N1CCCC1Cn1cccn1. The molecular weight excluding hydrogens is 306 g/mol. The summed E-state index contributed by atoms with van der Waals surface area (Å²) in [6.45, 7) is 1.51. The summed E-state index contributed by atoms with van der Waals surface area (Å²) in [7, 11) is 0. The van der Waals surface area contributed by atoms with Crippen LogP contribution in [0.3, 0.4) is 0 Å². The molecule has 8 nitrogen and oxygen atoms in total.